The normalized spacial score (nSPS) is 26.2. The first-order valence-corrected chi connectivity index (χ1v) is 10.3. The molecule has 0 amide bonds. The third-order valence-electron chi connectivity index (χ3n) is 4.93. The molecule has 7 heteroatoms. The Labute approximate surface area is 151 Å². The number of rotatable bonds is 4. The molecular formula is C17H24N4OS2. The van der Waals surface area contributed by atoms with Crippen LogP contribution in [0, 0.1) is 12.3 Å². The number of thiazole rings is 2. The Morgan fingerprint density at radius 1 is 1.21 bits per heavy atom. The molecule has 4 heterocycles. The molecule has 2 saturated heterocycles. The van der Waals surface area contributed by atoms with Gasteiger partial charge in [0.2, 0.25) is 0 Å². The van der Waals surface area contributed by atoms with Crippen molar-refractivity contribution in [3.63, 3.8) is 0 Å². The Hall–Kier alpha value is -0.860. The molecule has 0 bridgehead atoms. The van der Waals surface area contributed by atoms with Gasteiger partial charge in [0.15, 0.2) is 0 Å². The maximum atomic E-state index is 5.99. The Balaban J connectivity index is 1.40. The van der Waals surface area contributed by atoms with Gasteiger partial charge in [0.25, 0.3) is 0 Å². The highest BCUT2D eigenvalue weighted by Crippen LogP contribution is 2.34. The summed E-state index contributed by atoms with van der Waals surface area (Å²) in [6, 6.07) is 0. The van der Waals surface area contributed by atoms with Crippen molar-refractivity contribution in [3.05, 3.63) is 32.7 Å². The molecule has 24 heavy (non-hydrogen) atoms. The van der Waals surface area contributed by atoms with E-state index < -0.39 is 0 Å². The smallest absolute Gasteiger partial charge is 0.107 e. The first-order chi connectivity index (χ1) is 11.7. The van der Waals surface area contributed by atoms with E-state index in [1.807, 2.05) is 6.20 Å². The molecule has 0 saturated carbocycles. The number of likely N-dealkylation sites (tertiary alicyclic amines) is 1. The lowest BCUT2D eigenvalue weighted by atomic mass is 9.87. The Morgan fingerprint density at radius 3 is 2.83 bits per heavy atom. The van der Waals surface area contributed by atoms with E-state index in [1.165, 1.54) is 17.1 Å². The zero-order chi connectivity index (χ0) is 16.4. The van der Waals surface area contributed by atoms with Gasteiger partial charge >= 0.3 is 0 Å². The van der Waals surface area contributed by atoms with E-state index in [1.54, 1.807) is 22.7 Å². The summed E-state index contributed by atoms with van der Waals surface area (Å²) in [6.07, 6.45) is 3.11. The van der Waals surface area contributed by atoms with E-state index >= 15 is 0 Å². The minimum atomic E-state index is 0.263. The van der Waals surface area contributed by atoms with Gasteiger partial charge in [0, 0.05) is 48.6 Å². The topological polar surface area (TPSA) is 41.5 Å². The van der Waals surface area contributed by atoms with Gasteiger partial charge in [0.05, 0.1) is 30.5 Å². The van der Waals surface area contributed by atoms with Crippen LogP contribution in [0.2, 0.25) is 0 Å². The molecule has 1 atom stereocenters. The maximum absolute atomic E-state index is 5.99. The van der Waals surface area contributed by atoms with Crippen LogP contribution in [0.5, 0.6) is 0 Å². The van der Waals surface area contributed by atoms with E-state index in [-0.39, 0.29) is 5.41 Å². The van der Waals surface area contributed by atoms with Crippen LogP contribution >= 0.6 is 22.7 Å². The van der Waals surface area contributed by atoms with Crippen molar-refractivity contribution in [1.82, 2.24) is 19.8 Å². The minimum absolute atomic E-state index is 0.263. The first-order valence-electron chi connectivity index (χ1n) is 8.53. The lowest BCUT2D eigenvalue weighted by Crippen LogP contribution is -2.40. The summed E-state index contributed by atoms with van der Waals surface area (Å²) in [5.74, 6) is 0. The van der Waals surface area contributed by atoms with Crippen molar-refractivity contribution in [1.29, 1.82) is 0 Å². The Kier molecular flexibility index (Phi) is 4.96. The summed E-state index contributed by atoms with van der Waals surface area (Å²) in [6.45, 7) is 10.1. The molecule has 5 nitrogen and oxygen atoms in total. The maximum Gasteiger partial charge on any atom is 0.107 e. The summed E-state index contributed by atoms with van der Waals surface area (Å²) in [4.78, 5) is 14.1. The number of ether oxygens (including phenoxy) is 1. The molecule has 2 aromatic heterocycles. The largest absolute Gasteiger partial charge is 0.379 e. The zero-order valence-electron chi connectivity index (χ0n) is 14.1. The highest BCUT2D eigenvalue weighted by atomic mass is 32.1. The van der Waals surface area contributed by atoms with Crippen LogP contribution in [0.4, 0.5) is 0 Å². The van der Waals surface area contributed by atoms with Crippen LogP contribution in [0.1, 0.15) is 22.1 Å². The van der Waals surface area contributed by atoms with Gasteiger partial charge in [-0.3, -0.25) is 9.80 Å². The highest BCUT2D eigenvalue weighted by molar-refractivity contribution is 7.09. The number of aryl methyl sites for hydroxylation is 1. The second-order valence-corrected chi connectivity index (χ2v) is 9.05. The standard InChI is InChI=1S/C17H24N4OS2/c1-14-19-15(10-24-14)8-21-5-6-22-13-17(12-21)2-4-20(11-17)9-16-18-3-7-23-16/h3,7,10H,2,4-6,8-9,11-13H2,1H3. The molecular weight excluding hydrogens is 340 g/mol. The zero-order valence-corrected chi connectivity index (χ0v) is 15.7. The summed E-state index contributed by atoms with van der Waals surface area (Å²) in [5, 5.41) is 6.63. The van der Waals surface area contributed by atoms with Gasteiger partial charge < -0.3 is 4.74 Å². The number of hydrogen-bond acceptors (Lipinski definition) is 7. The summed E-state index contributed by atoms with van der Waals surface area (Å²) in [5.41, 5.74) is 1.46. The Bertz CT molecular complexity index is 659. The number of aromatic nitrogens is 2. The second kappa shape index (κ2) is 7.17. The van der Waals surface area contributed by atoms with E-state index in [4.69, 9.17) is 4.74 Å². The van der Waals surface area contributed by atoms with Crippen molar-refractivity contribution in [2.45, 2.75) is 26.4 Å². The van der Waals surface area contributed by atoms with Gasteiger partial charge in [-0.25, -0.2) is 9.97 Å². The summed E-state index contributed by atoms with van der Waals surface area (Å²) in [7, 11) is 0. The molecule has 4 rings (SSSR count). The van der Waals surface area contributed by atoms with Crippen LogP contribution in [0.25, 0.3) is 0 Å². The molecule has 130 valence electrons. The van der Waals surface area contributed by atoms with Crippen molar-refractivity contribution in [3.8, 4) is 0 Å². The van der Waals surface area contributed by atoms with E-state index in [2.05, 4.69) is 37.5 Å². The quantitative estimate of drug-likeness (QED) is 0.834. The van der Waals surface area contributed by atoms with Gasteiger partial charge in [-0.1, -0.05) is 0 Å². The molecule has 1 unspecified atom stereocenters. The first kappa shape index (κ1) is 16.6. The molecule has 0 N–H and O–H groups in total. The second-order valence-electron chi connectivity index (χ2n) is 7.01. The molecule has 2 fully saturated rings. The van der Waals surface area contributed by atoms with Crippen LogP contribution in [-0.2, 0) is 17.8 Å². The molecule has 2 aliphatic heterocycles. The van der Waals surface area contributed by atoms with Crippen LogP contribution in [0.15, 0.2) is 17.0 Å². The van der Waals surface area contributed by atoms with E-state index in [0.717, 1.165) is 57.5 Å². The third kappa shape index (κ3) is 3.86. The van der Waals surface area contributed by atoms with Gasteiger partial charge in [-0.15, -0.1) is 22.7 Å². The summed E-state index contributed by atoms with van der Waals surface area (Å²) < 4.78 is 5.99. The van der Waals surface area contributed by atoms with Crippen LogP contribution < -0.4 is 0 Å². The lowest BCUT2D eigenvalue weighted by Gasteiger charge is -2.31. The monoisotopic (exact) mass is 364 g/mol. The Morgan fingerprint density at radius 2 is 2.08 bits per heavy atom. The average molecular weight is 365 g/mol. The molecule has 0 aromatic carbocycles. The third-order valence-corrected chi connectivity index (χ3v) is 6.52. The lowest BCUT2D eigenvalue weighted by molar-refractivity contribution is 0.0706. The molecule has 2 aromatic rings. The van der Waals surface area contributed by atoms with Crippen molar-refractivity contribution in [2.75, 3.05) is 39.4 Å². The predicted octanol–water partition coefficient (Wildman–Crippen LogP) is 2.63. The van der Waals surface area contributed by atoms with Crippen molar-refractivity contribution >= 4 is 22.7 Å². The fraction of sp³-hybridized carbons (Fsp3) is 0.647. The van der Waals surface area contributed by atoms with Crippen molar-refractivity contribution < 1.29 is 4.74 Å². The van der Waals surface area contributed by atoms with Crippen LogP contribution in [0.3, 0.4) is 0 Å². The SMILES string of the molecule is Cc1nc(CN2CCOCC3(CCN(Cc4nccs4)C3)C2)cs1. The van der Waals surface area contributed by atoms with Crippen molar-refractivity contribution in [2.24, 2.45) is 5.41 Å². The average Bonchev–Trinajstić information content (AvgIpc) is 3.25. The molecule has 1 spiro atoms. The minimum Gasteiger partial charge on any atom is -0.379 e. The molecule has 2 aliphatic rings. The van der Waals surface area contributed by atoms with E-state index in [9.17, 15) is 0 Å². The van der Waals surface area contributed by atoms with Gasteiger partial charge in [-0.2, -0.15) is 0 Å². The van der Waals surface area contributed by atoms with Gasteiger partial charge in [0.1, 0.15) is 5.01 Å². The van der Waals surface area contributed by atoms with Crippen LogP contribution in [-0.4, -0.2) is 59.2 Å². The number of hydrogen-bond donors (Lipinski definition) is 0. The van der Waals surface area contributed by atoms with E-state index in [0.29, 0.717) is 0 Å². The molecule has 0 radical (unpaired) electrons. The predicted molar refractivity (Wildman–Crippen MR) is 97.4 cm³/mol. The molecule has 0 aliphatic carbocycles. The fourth-order valence-corrected chi connectivity index (χ4v) is 5.12. The van der Waals surface area contributed by atoms with Gasteiger partial charge in [-0.05, 0) is 19.9 Å². The number of nitrogens with zero attached hydrogens (tertiary/aromatic N) is 4. The fourth-order valence-electron chi connectivity index (χ4n) is 3.86. The summed E-state index contributed by atoms with van der Waals surface area (Å²) >= 11 is 3.49. The highest BCUT2D eigenvalue weighted by Gasteiger charge is 2.41.